The van der Waals surface area contributed by atoms with Gasteiger partial charge in [0.15, 0.2) is 0 Å². The zero-order chi connectivity index (χ0) is 8.55. The largest absolute Gasteiger partial charge is 0.385 e. The highest BCUT2D eigenvalue weighted by Gasteiger charge is 2.05. The summed E-state index contributed by atoms with van der Waals surface area (Å²) in [5.74, 6) is 0. The first-order valence-corrected chi connectivity index (χ1v) is 4.00. The Labute approximate surface area is 74.8 Å². The molecule has 0 bridgehead atoms. The fourth-order valence-corrected chi connectivity index (χ4v) is 1.47. The second kappa shape index (κ2) is 2.68. The van der Waals surface area contributed by atoms with Gasteiger partial charge in [-0.2, -0.15) is 0 Å². The Morgan fingerprint density at radius 2 is 2.33 bits per heavy atom. The molecule has 0 unspecified atom stereocenters. The Bertz CT molecular complexity index is 408. The first-order chi connectivity index (χ1) is 5.83. The van der Waals surface area contributed by atoms with Gasteiger partial charge in [-0.05, 0) is 12.1 Å². The van der Waals surface area contributed by atoms with E-state index < -0.39 is 0 Å². The molecular formula is C8H8ClN3. The summed E-state index contributed by atoms with van der Waals surface area (Å²) in [6, 6.07) is 3.75. The van der Waals surface area contributed by atoms with Crippen molar-refractivity contribution < 1.29 is 0 Å². The van der Waals surface area contributed by atoms with Gasteiger partial charge >= 0.3 is 0 Å². The van der Waals surface area contributed by atoms with Crippen molar-refractivity contribution in [3.63, 3.8) is 0 Å². The van der Waals surface area contributed by atoms with E-state index in [1.165, 1.54) is 0 Å². The van der Waals surface area contributed by atoms with Crippen molar-refractivity contribution in [2.75, 3.05) is 12.4 Å². The molecule has 4 heteroatoms. The number of nitrogens with one attached hydrogen (secondary N) is 2. The van der Waals surface area contributed by atoms with Crippen LogP contribution in [0.1, 0.15) is 0 Å². The first-order valence-electron chi connectivity index (χ1n) is 3.62. The van der Waals surface area contributed by atoms with Gasteiger partial charge in [-0.3, -0.25) is 0 Å². The lowest BCUT2D eigenvalue weighted by Crippen LogP contribution is -1.90. The number of H-pyrrole nitrogens is 1. The number of imidazole rings is 1. The third-order valence-electron chi connectivity index (χ3n) is 1.79. The highest BCUT2D eigenvalue weighted by molar-refractivity contribution is 6.34. The molecule has 0 aliphatic carbocycles. The third kappa shape index (κ3) is 0.940. The van der Waals surface area contributed by atoms with Crippen LogP contribution in [0.15, 0.2) is 18.5 Å². The van der Waals surface area contributed by atoms with Gasteiger partial charge in [-0.1, -0.05) is 11.6 Å². The summed E-state index contributed by atoms with van der Waals surface area (Å²) in [6.45, 7) is 0. The van der Waals surface area contributed by atoms with Crippen molar-refractivity contribution in [3.05, 3.63) is 23.5 Å². The van der Waals surface area contributed by atoms with Crippen LogP contribution < -0.4 is 5.32 Å². The lowest BCUT2D eigenvalue weighted by Gasteiger charge is -2.02. The average molecular weight is 182 g/mol. The fourth-order valence-electron chi connectivity index (χ4n) is 1.22. The molecule has 3 nitrogen and oxygen atoms in total. The molecule has 0 saturated heterocycles. The third-order valence-corrected chi connectivity index (χ3v) is 2.11. The van der Waals surface area contributed by atoms with Gasteiger partial charge in [0.1, 0.15) is 5.52 Å². The normalized spacial score (nSPS) is 10.5. The number of anilines is 1. The van der Waals surface area contributed by atoms with Gasteiger partial charge in [-0.15, -0.1) is 0 Å². The molecule has 0 saturated carbocycles. The number of hydrogen-bond donors (Lipinski definition) is 2. The molecule has 0 radical (unpaired) electrons. The van der Waals surface area contributed by atoms with Crippen molar-refractivity contribution in [2.45, 2.75) is 0 Å². The molecule has 1 heterocycles. The molecule has 62 valence electrons. The standard InChI is InChI=1S/C8H8ClN3/c1-10-7-5(9)2-3-6-8(7)12-4-11-6/h2-4,10H,1H3,(H,11,12). The van der Waals surface area contributed by atoms with Crippen LogP contribution in [0.4, 0.5) is 5.69 Å². The SMILES string of the molecule is CNc1c(Cl)ccc2[nH]cnc12. The minimum Gasteiger partial charge on any atom is -0.385 e. The van der Waals surface area contributed by atoms with E-state index in [1.807, 2.05) is 19.2 Å². The number of benzene rings is 1. The molecule has 0 amide bonds. The summed E-state index contributed by atoms with van der Waals surface area (Å²) >= 11 is 5.94. The van der Waals surface area contributed by atoms with Crippen LogP contribution in [-0.4, -0.2) is 17.0 Å². The Kier molecular flexibility index (Phi) is 1.66. The number of fused-ring (bicyclic) bond motifs is 1. The smallest absolute Gasteiger partial charge is 0.113 e. The summed E-state index contributed by atoms with van der Waals surface area (Å²) in [5, 5.41) is 3.70. The van der Waals surface area contributed by atoms with Crippen LogP contribution in [0.3, 0.4) is 0 Å². The number of halogens is 1. The molecule has 0 atom stereocenters. The average Bonchev–Trinajstić information content (AvgIpc) is 2.52. The van der Waals surface area contributed by atoms with Crippen LogP contribution in [0.25, 0.3) is 11.0 Å². The van der Waals surface area contributed by atoms with Crippen molar-refractivity contribution in [3.8, 4) is 0 Å². The van der Waals surface area contributed by atoms with Gasteiger partial charge in [0, 0.05) is 7.05 Å². The molecule has 0 spiro atoms. The lowest BCUT2D eigenvalue weighted by atomic mass is 10.2. The zero-order valence-corrected chi connectivity index (χ0v) is 7.31. The summed E-state index contributed by atoms with van der Waals surface area (Å²) in [4.78, 5) is 7.16. The number of aromatic amines is 1. The Morgan fingerprint density at radius 3 is 3.08 bits per heavy atom. The number of hydrogen-bond acceptors (Lipinski definition) is 2. The highest BCUT2D eigenvalue weighted by atomic mass is 35.5. The van der Waals surface area contributed by atoms with Crippen molar-refractivity contribution in [1.82, 2.24) is 9.97 Å². The molecule has 12 heavy (non-hydrogen) atoms. The van der Waals surface area contributed by atoms with Gasteiger partial charge in [0.2, 0.25) is 0 Å². The van der Waals surface area contributed by atoms with Crippen molar-refractivity contribution >= 4 is 28.3 Å². The quantitative estimate of drug-likeness (QED) is 0.709. The van der Waals surface area contributed by atoms with Crippen molar-refractivity contribution in [2.24, 2.45) is 0 Å². The lowest BCUT2D eigenvalue weighted by molar-refractivity contribution is 1.34. The number of nitrogens with zero attached hydrogens (tertiary/aromatic N) is 1. The van der Waals surface area contributed by atoms with Crippen LogP contribution in [-0.2, 0) is 0 Å². The van der Waals surface area contributed by atoms with E-state index >= 15 is 0 Å². The van der Waals surface area contributed by atoms with E-state index in [4.69, 9.17) is 11.6 Å². The molecule has 1 aromatic carbocycles. The van der Waals surface area contributed by atoms with Gasteiger partial charge in [0.25, 0.3) is 0 Å². The monoisotopic (exact) mass is 181 g/mol. The van der Waals surface area contributed by atoms with Gasteiger partial charge in [-0.25, -0.2) is 4.98 Å². The fraction of sp³-hybridized carbons (Fsp3) is 0.125. The van der Waals surface area contributed by atoms with E-state index in [9.17, 15) is 0 Å². The predicted octanol–water partition coefficient (Wildman–Crippen LogP) is 2.26. The Hall–Kier alpha value is -1.22. The van der Waals surface area contributed by atoms with E-state index in [2.05, 4.69) is 15.3 Å². The molecule has 2 N–H and O–H groups in total. The molecule has 0 aliphatic heterocycles. The van der Waals surface area contributed by atoms with Crippen LogP contribution in [0, 0.1) is 0 Å². The first kappa shape index (κ1) is 7.43. The van der Waals surface area contributed by atoms with Crippen LogP contribution in [0.5, 0.6) is 0 Å². The number of rotatable bonds is 1. The van der Waals surface area contributed by atoms with E-state index in [1.54, 1.807) is 6.33 Å². The molecule has 0 aliphatic rings. The topological polar surface area (TPSA) is 40.7 Å². The maximum atomic E-state index is 5.94. The van der Waals surface area contributed by atoms with E-state index in [0.29, 0.717) is 5.02 Å². The number of aromatic nitrogens is 2. The van der Waals surface area contributed by atoms with E-state index in [0.717, 1.165) is 16.7 Å². The minimum absolute atomic E-state index is 0.692. The summed E-state index contributed by atoms with van der Waals surface area (Å²) in [5.41, 5.74) is 2.74. The Morgan fingerprint density at radius 1 is 1.50 bits per heavy atom. The molecule has 1 aromatic heterocycles. The van der Waals surface area contributed by atoms with Crippen molar-refractivity contribution in [1.29, 1.82) is 0 Å². The summed E-state index contributed by atoms with van der Waals surface area (Å²) < 4.78 is 0. The minimum atomic E-state index is 0.692. The maximum absolute atomic E-state index is 5.94. The van der Waals surface area contributed by atoms with Crippen LogP contribution >= 0.6 is 11.6 Å². The molecular weight excluding hydrogens is 174 g/mol. The van der Waals surface area contributed by atoms with Gasteiger partial charge < -0.3 is 10.3 Å². The second-order valence-electron chi connectivity index (χ2n) is 2.47. The highest BCUT2D eigenvalue weighted by Crippen LogP contribution is 2.28. The molecule has 2 rings (SSSR count). The Balaban J connectivity index is 2.83. The van der Waals surface area contributed by atoms with E-state index in [-0.39, 0.29) is 0 Å². The zero-order valence-electron chi connectivity index (χ0n) is 6.56. The predicted molar refractivity (Wildman–Crippen MR) is 50.7 cm³/mol. The summed E-state index contributed by atoms with van der Waals surface area (Å²) in [7, 11) is 1.83. The van der Waals surface area contributed by atoms with Crippen LogP contribution in [0.2, 0.25) is 5.02 Å². The molecule has 0 fully saturated rings. The second-order valence-corrected chi connectivity index (χ2v) is 2.88. The maximum Gasteiger partial charge on any atom is 0.113 e. The summed E-state index contributed by atoms with van der Waals surface area (Å²) in [6.07, 6.45) is 1.65. The molecule has 2 aromatic rings. The van der Waals surface area contributed by atoms with Gasteiger partial charge in [0.05, 0.1) is 22.6 Å².